The predicted octanol–water partition coefficient (Wildman–Crippen LogP) is 2.95. The molecule has 0 N–H and O–H groups in total. The standard InChI is InChI=1S/C12H8.Pd/c1-3-7-11(8-4-1)12-9-5-2-6-10-12;/h1-7,9H;/q-2;+2. The summed E-state index contributed by atoms with van der Waals surface area (Å²) in [6.45, 7) is 0. The molecule has 0 aromatic heterocycles. The summed E-state index contributed by atoms with van der Waals surface area (Å²) in [4.78, 5) is 0. The molecule has 0 aliphatic carbocycles. The van der Waals surface area contributed by atoms with Crippen LogP contribution in [0.25, 0.3) is 11.1 Å². The Balaban J connectivity index is 0.000000845. The summed E-state index contributed by atoms with van der Waals surface area (Å²) in [5, 5.41) is 0. The normalized spacial score (nSPS) is 8.92. The predicted molar refractivity (Wildman–Crippen MR) is 49.6 cm³/mol. The smallest absolute Gasteiger partial charge is 0.226 e. The maximum Gasteiger partial charge on any atom is 2.00 e. The summed E-state index contributed by atoms with van der Waals surface area (Å²) in [6.07, 6.45) is 0. The van der Waals surface area contributed by atoms with Crippen LogP contribution in [-0.4, -0.2) is 0 Å². The molecule has 2 rings (SSSR count). The van der Waals surface area contributed by atoms with E-state index in [0.29, 0.717) is 0 Å². The quantitative estimate of drug-likeness (QED) is 0.545. The van der Waals surface area contributed by atoms with E-state index in [-0.39, 0.29) is 20.4 Å². The van der Waals surface area contributed by atoms with Gasteiger partial charge in [0.25, 0.3) is 0 Å². The van der Waals surface area contributed by atoms with Crippen molar-refractivity contribution in [3.8, 4) is 11.1 Å². The van der Waals surface area contributed by atoms with Gasteiger partial charge in [-0.2, -0.15) is 48.5 Å². The van der Waals surface area contributed by atoms with Gasteiger partial charge in [-0.25, -0.2) is 11.1 Å². The van der Waals surface area contributed by atoms with Crippen molar-refractivity contribution in [3.05, 3.63) is 60.7 Å². The molecule has 2 aromatic rings. The van der Waals surface area contributed by atoms with Crippen LogP contribution in [0.5, 0.6) is 0 Å². The molecule has 0 heterocycles. The first-order valence-electron chi connectivity index (χ1n) is 3.90. The molecule has 0 aliphatic heterocycles. The Labute approximate surface area is 92.3 Å². The van der Waals surface area contributed by atoms with E-state index in [2.05, 4.69) is 12.1 Å². The molecule has 2 aromatic carbocycles. The molecular formula is C12H8Pd. The second-order valence-corrected chi connectivity index (χ2v) is 2.55. The van der Waals surface area contributed by atoms with Crippen LogP contribution in [0, 0.1) is 12.1 Å². The fraction of sp³-hybridized carbons (Fsp3) is 0. The maximum atomic E-state index is 3.15. The van der Waals surface area contributed by atoms with Crippen LogP contribution < -0.4 is 0 Å². The van der Waals surface area contributed by atoms with E-state index < -0.39 is 0 Å². The molecule has 0 bridgehead atoms. The molecule has 66 valence electrons. The third-order valence-electron chi connectivity index (χ3n) is 1.71. The van der Waals surface area contributed by atoms with Crippen molar-refractivity contribution in [1.82, 2.24) is 0 Å². The molecular weight excluding hydrogens is 251 g/mol. The van der Waals surface area contributed by atoms with Gasteiger partial charge >= 0.3 is 20.4 Å². The summed E-state index contributed by atoms with van der Waals surface area (Å²) in [5.41, 5.74) is 2.19. The van der Waals surface area contributed by atoms with E-state index >= 15 is 0 Å². The molecule has 1 heteroatoms. The summed E-state index contributed by atoms with van der Waals surface area (Å²) in [5.74, 6) is 0. The zero-order valence-electron chi connectivity index (χ0n) is 6.94. The van der Waals surface area contributed by atoms with Crippen LogP contribution in [0.4, 0.5) is 0 Å². The van der Waals surface area contributed by atoms with Gasteiger partial charge in [-0.15, -0.1) is 12.1 Å². The van der Waals surface area contributed by atoms with Crippen molar-refractivity contribution in [2.45, 2.75) is 0 Å². The Morgan fingerprint density at radius 2 is 1.15 bits per heavy atom. The largest absolute Gasteiger partial charge is 2.00 e. The van der Waals surface area contributed by atoms with E-state index in [1.54, 1.807) is 0 Å². The fourth-order valence-corrected chi connectivity index (χ4v) is 1.12. The van der Waals surface area contributed by atoms with Crippen molar-refractivity contribution in [1.29, 1.82) is 0 Å². The number of benzene rings is 2. The second-order valence-electron chi connectivity index (χ2n) is 2.55. The van der Waals surface area contributed by atoms with Crippen molar-refractivity contribution in [2.24, 2.45) is 0 Å². The monoisotopic (exact) mass is 258 g/mol. The minimum absolute atomic E-state index is 0. The minimum atomic E-state index is 0. The van der Waals surface area contributed by atoms with Gasteiger partial charge in [0.05, 0.1) is 0 Å². The van der Waals surface area contributed by atoms with Crippen LogP contribution in [-0.2, 0) is 20.4 Å². The number of rotatable bonds is 1. The van der Waals surface area contributed by atoms with E-state index in [1.807, 2.05) is 48.5 Å². The molecule has 0 amide bonds. The third-order valence-corrected chi connectivity index (χ3v) is 1.71. The zero-order chi connectivity index (χ0) is 8.23. The first kappa shape index (κ1) is 10.2. The van der Waals surface area contributed by atoms with Crippen LogP contribution >= 0.6 is 0 Å². The number of hydrogen-bond acceptors (Lipinski definition) is 0. The van der Waals surface area contributed by atoms with Gasteiger partial charge in [-0.3, -0.25) is 0 Å². The summed E-state index contributed by atoms with van der Waals surface area (Å²) < 4.78 is 0. The summed E-state index contributed by atoms with van der Waals surface area (Å²) in [7, 11) is 0. The minimum Gasteiger partial charge on any atom is -0.226 e. The van der Waals surface area contributed by atoms with Crippen LogP contribution in [0.3, 0.4) is 0 Å². The van der Waals surface area contributed by atoms with Crippen molar-refractivity contribution in [2.75, 3.05) is 0 Å². The molecule has 0 nitrogen and oxygen atoms in total. The molecule has 13 heavy (non-hydrogen) atoms. The van der Waals surface area contributed by atoms with Gasteiger partial charge in [-0.1, -0.05) is 0 Å². The Hall–Kier alpha value is -0.898. The Kier molecular flexibility index (Phi) is 3.89. The first-order valence-corrected chi connectivity index (χ1v) is 3.90. The average molecular weight is 259 g/mol. The van der Waals surface area contributed by atoms with Crippen molar-refractivity contribution in [3.63, 3.8) is 0 Å². The summed E-state index contributed by atoms with van der Waals surface area (Å²) >= 11 is 0. The number of hydrogen-bond donors (Lipinski definition) is 0. The Morgan fingerprint density at radius 3 is 1.46 bits per heavy atom. The SMILES string of the molecule is [Pd+2].[c-]1ccccc1-c1[c-]cccc1. The van der Waals surface area contributed by atoms with Crippen LogP contribution in [0.2, 0.25) is 0 Å². The van der Waals surface area contributed by atoms with Crippen molar-refractivity contribution >= 4 is 0 Å². The molecule has 0 radical (unpaired) electrons. The molecule has 0 saturated heterocycles. The van der Waals surface area contributed by atoms with Gasteiger partial charge in [0.2, 0.25) is 0 Å². The van der Waals surface area contributed by atoms with Crippen LogP contribution in [0.15, 0.2) is 48.5 Å². The van der Waals surface area contributed by atoms with E-state index in [1.165, 1.54) is 0 Å². The van der Waals surface area contributed by atoms with Gasteiger partial charge in [-0.05, 0) is 0 Å². The maximum absolute atomic E-state index is 3.15. The van der Waals surface area contributed by atoms with E-state index in [4.69, 9.17) is 0 Å². The van der Waals surface area contributed by atoms with Crippen molar-refractivity contribution < 1.29 is 20.4 Å². The second kappa shape index (κ2) is 4.97. The van der Waals surface area contributed by atoms with Gasteiger partial charge in [0.1, 0.15) is 0 Å². The topological polar surface area (TPSA) is 0 Å². The van der Waals surface area contributed by atoms with Gasteiger partial charge in [0, 0.05) is 0 Å². The molecule has 0 fully saturated rings. The van der Waals surface area contributed by atoms with Gasteiger partial charge in [0.15, 0.2) is 0 Å². The molecule has 0 atom stereocenters. The third kappa shape index (κ3) is 2.52. The van der Waals surface area contributed by atoms with Gasteiger partial charge < -0.3 is 0 Å². The molecule has 0 saturated carbocycles. The Bertz CT molecular complexity index is 303. The van der Waals surface area contributed by atoms with Crippen LogP contribution in [0.1, 0.15) is 0 Å². The first-order chi connectivity index (χ1) is 5.97. The zero-order valence-corrected chi connectivity index (χ0v) is 8.49. The molecule has 0 spiro atoms. The molecule has 0 aliphatic rings. The summed E-state index contributed by atoms with van der Waals surface area (Å²) in [6, 6.07) is 22.1. The molecule has 0 unspecified atom stereocenters. The Morgan fingerprint density at radius 1 is 0.692 bits per heavy atom. The average Bonchev–Trinajstić information content (AvgIpc) is 2.21. The van der Waals surface area contributed by atoms with E-state index in [9.17, 15) is 0 Å². The fourth-order valence-electron chi connectivity index (χ4n) is 1.12. The van der Waals surface area contributed by atoms with E-state index in [0.717, 1.165) is 11.1 Å².